The Morgan fingerprint density at radius 1 is 1.36 bits per heavy atom. The predicted octanol–water partition coefficient (Wildman–Crippen LogP) is 1.13. The molecule has 0 rings (SSSR count). The molecule has 0 aliphatic carbocycles. The van der Waals surface area contributed by atoms with Gasteiger partial charge >= 0.3 is 0 Å². The number of nitrogens with one attached hydrogen (secondary N) is 1. The van der Waals surface area contributed by atoms with Crippen LogP contribution in [0.15, 0.2) is 0 Å². The van der Waals surface area contributed by atoms with Crippen LogP contribution in [0.2, 0.25) is 0 Å². The first-order chi connectivity index (χ1) is 6.45. The normalized spacial score (nSPS) is 14.2. The molecule has 0 amide bonds. The highest BCUT2D eigenvalue weighted by atomic mass is 32.2. The van der Waals surface area contributed by atoms with Gasteiger partial charge in [0.05, 0.1) is 12.9 Å². The number of hydrogen-bond donors (Lipinski definition) is 1. The van der Waals surface area contributed by atoms with E-state index in [1.54, 1.807) is 6.92 Å². The maximum Gasteiger partial charge on any atom is 0.209 e. The minimum atomic E-state index is -3.10. The van der Waals surface area contributed by atoms with Crippen LogP contribution in [0.5, 0.6) is 0 Å². The summed E-state index contributed by atoms with van der Waals surface area (Å²) >= 11 is 0. The SMILES string of the molecule is CCCCCOC[C@H](C)NS(C)(=O)=O. The predicted molar refractivity (Wildman–Crippen MR) is 57.8 cm³/mol. The van der Waals surface area contributed by atoms with Gasteiger partial charge in [0.1, 0.15) is 0 Å². The third-order valence-electron chi connectivity index (χ3n) is 1.68. The fraction of sp³-hybridized carbons (Fsp3) is 1.00. The van der Waals surface area contributed by atoms with Gasteiger partial charge in [0.2, 0.25) is 10.0 Å². The van der Waals surface area contributed by atoms with Crippen LogP contribution in [-0.2, 0) is 14.8 Å². The maximum absolute atomic E-state index is 10.8. The second-order valence-corrected chi connectivity index (χ2v) is 5.35. The van der Waals surface area contributed by atoms with Crippen molar-refractivity contribution in [3.8, 4) is 0 Å². The molecule has 0 aromatic carbocycles. The topological polar surface area (TPSA) is 55.4 Å². The molecule has 0 aromatic rings. The zero-order valence-electron chi connectivity index (χ0n) is 9.25. The van der Waals surface area contributed by atoms with Crippen LogP contribution in [0, 0.1) is 0 Å². The van der Waals surface area contributed by atoms with E-state index in [1.165, 1.54) is 6.42 Å². The average Bonchev–Trinajstić information content (AvgIpc) is 2.00. The van der Waals surface area contributed by atoms with Crippen molar-refractivity contribution in [2.75, 3.05) is 19.5 Å². The Balaban J connectivity index is 3.41. The summed E-state index contributed by atoms with van der Waals surface area (Å²) in [6.45, 7) is 5.08. The lowest BCUT2D eigenvalue weighted by molar-refractivity contribution is 0.117. The lowest BCUT2D eigenvalue weighted by Crippen LogP contribution is -2.35. The van der Waals surface area contributed by atoms with Gasteiger partial charge in [-0.05, 0) is 13.3 Å². The second-order valence-electron chi connectivity index (χ2n) is 3.57. The molecular formula is C9H21NO3S. The van der Waals surface area contributed by atoms with Crippen molar-refractivity contribution in [3.63, 3.8) is 0 Å². The molecule has 0 aliphatic heterocycles. The van der Waals surface area contributed by atoms with Crippen molar-refractivity contribution >= 4 is 10.0 Å². The van der Waals surface area contributed by atoms with Crippen LogP contribution in [-0.4, -0.2) is 33.9 Å². The molecule has 0 aromatic heterocycles. The molecule has 0 saturated carbocycles. The van der Waals surface area contributed by atoms with E-state index in [0.717, 1.165) is 19.1 Å². The van der Waals surface area contributed by atoms with E-state index in [1.807, 2.05) is 0 Å². The minimum absolute atomic E-state index is 0.147. The van der Waals surface area contributed by atoms with Gasteiger partial charge in [0.15, 0.2) is 0 Å². The van der Waals surface area contributed by atoms with E-state index in [4.69, 9.17) is 4.74 Å². The zero-order chi connectivity index (χ0) is 11.0. The van der Waals surface area contributed by atoms with E-state index in [-0.39, 0.29) is 6.04 Å². The minimum Gasteiger partial charge on any atom is -0.380 e. The molecule has 14 heavy (non-hydrogen) atoms. The van der Waals surface area contributed by atoms with Gasteiger partial charge in [-0.3, -0.25) is 0 Å². The lowest BCUT2D eigenvalue weighted by atomic mass is 10.3. The standard InChI is InChI=1S/C9H21NO3S/c1-4-5-6-7-13-8-9(2)10-14(3,11)12/h9-10H,4-8H2,1-3H3/t9-/m0/s1. The summed E-state index contributed by atoms with van der Waals surface area (Å²) in [5.74, 6) is 0. The average molecular weight is 223 g/mol. The third-order valence-corrected chi connectivity index (χ3v) is 2.51. The van der Waals surface area contributed by atoms with Crippen molar-refractivity contribution in [3.05, 3.63) is 0 Å². The van der Waals surface area contributed by atoms with Gasteiger partial charge < -0.3 is 4.74 Å². The highest BCUT2D eigenvalue weighted by Crippen LogP contribution is 1.95. The Hall–Kier alpha value is -0.130. The van der Waals surface area contributed by atoms with Crippen molar-refractivity contribution < 1.29 is 13.2 Å². The van der Waals surface area contributed by atoms with E-state index in [9.17, 15) is 8.42 Å². The summed E-state index contributed by atoms with van der Waals surface area (Å²) in [5.41, 5.74) is 0. The van der Waals surface area contributed by atoms with Crippen molar-refractivity contribution in [1.82, 2.24) is 4.72 Å². The molecule has 4 nitrogen and oxygen atoms in total. The van der Waals surface area contributed by atoms with Gasteiger partial charge in [-0.2, -0.15) is 0 Å². The van der Waals surface area contributed by atoms with Gasteiger partial charge in [0, 0.05) is 12.6 Å². The molecule has 0 radical (unpaired) electrons. The van der Waals surface area contributed by atoms with Crippen LogP contribution < -0.4 is 4.72 Å². The Bertz CT molecular complexity index is 226. The molecule has 0 bridgehead atoms. The van der Waals surface area contributed by atoms with Crippen molar-refractivity contribution in [2.24, 2.45) is 0 Å². The van der Waals surface area contributed by atoms with Crippen LogP contribution in [0.25, 0.3) is 0 Å². The number of unbranched alkanes of at least 4 members (excludes halogenated alkanes) is 2. The second kappa shape index (κ2) is 7.20. The van der Waals surface area contributed by atoms with E-state index < -0.39 is 10.0 Å². The van der Waals surface area contributed by atoms with Crippen molar-refractivity contribution in [1.29, 1.82) is 0 Å². The largest absolute Gasteiger partial charge is 0.380 e. The Morgan fingerprint density at radius 3 is 2.50 bits per heavy atom. The van der Waals surface area contributed by atoms with Gasteiger partial charge in [-0.15, -0.1) is 0 Å². The van der Waals surface area contributed by atoms with Crippen molar-refractivity contribution in [2.45, 2.75) is 39.2 Å². The summed E-state index contributed by atoms with van der Waals surface area (Å²) in [6.07, 6.45) is 4.52. The molecule has 0 heterocycles. The molecule has 0 saturated heterocycles. The Labute approximate surface area is 87.1 Å². The molecule has 0 aliphatic rings. The third kappa shape index (κ3) is 9.95. The van der Waals surface area contributed by atoms with Crippen LogP contribution in [0.3, 0.4) is 0 Å². The highest BCUT2D eigenvalue weighted by Gasteiger charge is 2.07. The monoisotopic (exact) mass is 223 g/mol. The van der Waals surface area contributed by atoms with Crippen LogP contribution in [0.1, 0.15) is 33.1 Å². The fourth-order valence-corrected chi connectivity index (χ4v) is 1.91. The summed E-state index contributed by atoms with van der Waals surface area (Å²) in [6, 6.07) is -0.147. The summed E-state index contributed by atoms with van der Waals surface area (Å²) in [4.78, 5) is 0. The molecule has 5 heteroatoms. The molecule has 1 N–H and O–H groups in total. The Kier molecular flexibility index (Phi) is 7.13. The smallest absolute Gasteiger partial charge is 0.209 e. The van der Waals surface area contributed by atoms with E-state index in [2.05, 4.69) is 11.6 Å². The lowest BCUT2D eigenvalue weighted by Gasteiger charge is -2.12. The number of rotatable bonds is 8. The van der Waals surface area contributed by atoms with E-state index >= 15 is 0 Å². The summed E-state index contributed by atoms with van der Waals surface area (Å²) in [5, 5.41) is 0. The van der Waals surface area contributed by atoms with Crippen LogP contribution >= 0.6 is 0 Å². The summed E-state index contributed by atoms with van der Waals surface area (Å²) < 4.78 is 29.4. The highest BCUT2D eigenvalue weighted by molar-refractivity contribution is 7.88. The molecule has 0 unspecified atom stereocenters. The van der Waals surface area contributed by atoms with Crippen LogP contribution in [0.4, 0.5) is 0 Å². The molecular weight excluding hydrogens is 202 g/mol. The van der Waals surface area contributed by atoms with Gasteiger partial charge in [-0.25, -0.2) is 13.1 Å². The first kappa shape index (κ1) is 13.9. The Morgan fingerprint density at radius 2 is 2.00 bits per heavy atom. The first-order valence-corrected chi connectivity index (χ1v) is 6.90. The fourth-order valence-electron chi connectivity index (χ4n) is 1.11. The van der Waals surface area contributed by atoms with Gasteiger partial charge in [0.25, 0.3) is 0 Å². The van der Waals surface area contributed by atoms with Gasteiger partial charge in [-0.1, -0.05) is 19.8 Å². The maximum atomic E-state index is 10.8. The summed E-state index contributed by atoms with van der Waals surface area (Å²) in [7, 11) is -3.10. The van der Waals surface area contributed by atoms with E-state index in [0.29, 0.717) is 13.2 Å². The zero-order valence-corrected chi connectivity index (χ0v) is 10.1. The molecule has 86 valence electrons. The number of sulfonamides is 1. The quantitative estimate of drug-likeness (QED) is 0.628. The molecule has 0 spiro atoms. The number of hydrogen-bond acceptors (Lipinski definition) is 3. The number of ether oxygens (including phenoxy) is 1. The molecule has 1 atom stereocenters. The first-order valence-electron chi connectivity index (χ1n) is 5.00. The molecule has 0 fully saturated rings.